The van der Waals surface area contributed by atoms with E-state index in [-0.39, 0.29) is 0 Å². The summed E-state index contributed by atoms with van der Waals surface area (Å²) >= 11 is 8.95. The van der Waals surface area contributed by atoms with Gasteiger partial charge in [0, 0.05) is 10.2 Å². The van der Waals surface area contributed by atoms with E-state index in [1.54, 1.807) is 7.11 Å². The number of aromatic nitrogens is 2. The molecule has 0 saturated carbocycles. The number of nitrogens with one attached hydrogen (secondary N) is 1. The van der Waals surface area contributed by atoms with Gasteiger partial charge in [-0.2, -0.15) is 0 Å². The normalized spacial score (nSPS) is 10.9. The van der Waals surface area contributed by atoms with Crippen molar-refractivity contribution in [1.82, 2.24) is 9.55 Å². The van der Waals surface area contributed by atoms with E-state index in [0.717, 1.165) is 32.5 Å². The number of benzene rings is 2. The maximum absolute atomic E-state index is 5.44. The average molecular weight is 349 g/mol. The van der Waals surface area contributed by atoms with Crippen molar-refractivity contribution < 1.29 is 4.74 Å². The zero-order valence-corrected chi connectivity index (χ0v) is 13.5. The molecule has 0 aliphatic carbocycles. The van der Waals surface area contributed by atoms with E-state index in [2.05, 4.69) is 33.0 Å². The van der Waals surface area contributed by atoms with E-state index < -0.39 is 0 Å². The Labute approximate surface area is 130 Å². The molecular weight excluding hydrogens is 336 g/mol. The van der Waals surface area contributed by atoms with Crippen LogP contribution in [0.25, 0.3) is 16.7 Å². The van der Waals surface area contributed by atoms with Crippen molar-refractivity contribution in [3.8, 4) is 11.4 Å². The van der Waals surface area contributed by atoms with Crippen LogP contribution in [0, 0.1) is 11.7 Å². The highest BCUT2D eigenvalue weighted by Gasteiger charge is 2.08. The summed E-state index contributed by atoms with van der Waals surface area (Å²) in [6, 6.07) is 12.1. The average Bonchev–Trinajstić information content (AvgIpc) is 2.74. The minimum Gasteiger partial charge on any atom is -0.496 e. The van der Waals surface area contributed by atoms with Crippen LogP contribution in [0.15, 0.2) is 40.9 Å². The van der Waals surface area contributed by atoms with Gasteiger partial charge in [-0.3, -0.25) is 4.57 Å². The zero-order valence-electron chi connectivity index (χ0n) is 11.1. The number of rotatable bonds is 2. The van der Waals surface area contributed by atoms with Gasteiger partial charge in [0.15, 0.2) is 4.77 Å². The Kier molecular flexibility index (Phi) is 3.40. The molecule has 3 rings (SSSR count). The van der Waals surface area contributed by atoms with Crippen molar-refractivity contribution in [2.24, 2.45) is 0 Å². The largest absolute Gasteiger partial charge is 0.496 e. The minimum atomic E-state index is 0.683. The lowest BCUT2D eigenvalue weighted by Gasteiger charge is -2.09. The molecule has 102 valence electrons. The smallest absolute Gasteiger partial charge is 0.182 e. The molecule has 3 aromatic rings. The number of methoxy groups -OCH3 is 1. The Bertz CT molecular complexity index is 851. The van der Waals surface area contributed by atoms with Crippen LogP contribution in [0.5, 0.6) is 5.75 Å². The molecule has 0 radical (unpaired) electrons. The van der Waals surface area contributed by atoms with Crippen LogP contribution in [0.4, 0.5) is 0 Å². The second kappa shape index (κ2) is 5.07. The van der Waals surface area contributed by atoms with Crippen molar-refractivity contribution in [2.45, 2.75) is 6.92 Å². The third-order valence-electron chi connectivity index (χ3n) is 3.28. The summed E-state index contributed by atoms with van der Waals surface area (Å²) in [5, 5.41) is 0. The van der Waals surface area contributed by atoms with Crippen LogP contribution in [0.3, 0.4) is 0 Å². The van der Waals surface area contributed by atoms with Gasteiger partial charge in [-0.15, -0.1) is 0 Å². The number of H-pyrrole nitrogens is 1. The maximum Gasteiger partial charge on any atom is 0.182 e. The molecule has 0 unspecified atom stereocenters. The third-order valence-corrected chi connectivity index (χ3v) is 4.06. The summed E-state index contributed by atoms with van der Waals surface area (Å²) in [6.45, 7) is 2.02. The molecule has 5 heteroatoms. The van der Waals surface area contributed by atoms with Crippen molar-refractivity contribution in [1.29, 1.82) is 0 Å². The van der Waals surface area contributed by atoms with Gasteiger partial charge in [-0.25, -0.2) is 0 Å². The van der Waals surface area contributed by atoms with Crippen LogP contribution in [-0.4, -0.2) is 16.7 Å². The van der Waals surface area contributed by atoms with Crippen molar-refractivity contribution in [2.75, 3.05) is 7.11 Å². The van der Waals surface area contributed by atoms with E-state index >= 15 is 0 Å². The molecule has 1 heterocycles. The fraction of sp³-hybridized carbons (Fsp3) is 0.133. The molecule has 3 nitrogen and oxygen atoms in total. The molecule has 1 N–H and O–H groups in total. The number of fused-ring (bicyclic) bond motifs is 1. The molecule has 0 bridgehead atoms. The Hall–Kier alpha value is -1.59. The second-order valence-corrected chi connectivity index (χ2v) is 5.88. The van der Waals surface area contributed by atoms with Gasteiger partial charge in [0.25, 0.3) is 0 Å². The molecule has 0 aliphatic heterocycles. The molecule has 0 atom stereocenters. The number of hydrogen-bond acceptors (Lipinski definition) is 2. The van der Waals surface area contributed by atoms with Gasteiger partial charge in [0.2, 0.25) is 0 Å². The van der Waals surface area contributed by atoms with E-state index in [0.29, 0.717) is 4.77 Å². The highest BCUT2D eigenvalue weighted by molar-refractivity contribution is 9.10. The first kappa shape index (κ1) is 13.4. The van der Waals surface area contributed by atoms with Gasteiger partial charge in [-0.1, -0.05) is 15.9 Å². The fourth-order valence-corrected chi connectivity index (χ4v) is 3.00. The van der Waals surface area contributed by atoms with E-state index in [9.17, 15) is 0 Å². The second-order valence-electron chi connectivity index (χ2n) is 4.58. The number of halogens is 1. The van der Waals surface area contributed by atoms with Crippen molar-refractivity contribution in [3.63, 3.8) is 0 Å². The molecule has 0 fully saturated rings. The summed E-state index contributed by atoms with van der Waals surface area (Å²) < 4.78 is 9.04. The Morgan fingerprint density at radius 1 is 1.20 bits per heavy atom. The first-order valence-corrected chi connectivity index (χ1v) is 7.35. The van der Waals surface area contributed by atoms with Crippen molar-refractivity contribution in [3.05, 3.63) is 51.2 Å². The summed E-state index contributed by atoms with van der Waals surface area (Å²) in [6.07, 6.45) is 0. The summed E-state index contributed by atoms with van der Waals surface area (Å²) in [7, 11) is 1.68. The van der Waals surface area contributed by atoms with Gasteiger partial charge >= 0.3 is 0 Å². The van der Waals surface area contributed by atoms with Crippen LogP contribution >= 0.6 is 28.1 Å². The molecule has 0 amide bonds. The molecule has 0 saturated heterocycles. The fourth-order valence-electron chi connectivity index (χ4n) is 2.33. The quantitative estimate of drug-likeness (QED) is 0.676. The highest BCUT2D eigenvalue weighted by atomic mass is 79.9. The SMILES string of the molecule is COc1ccc(-n2c(=S)[nH]c3ccc(Br)cc32)cc1C. The number of imidazole rings is 1. The Balaban J connectivity index is 2.28. The van der Waals surface area contributed by atoms with Gasteiger partial charge in [0.1, 0.15) is 5.75 Å². The number of ether oxygens (including phenoxy) is 1. The third kappa shape index (κ3) is 2.17. The Morgan fingerprint density at radius 2 is 2.00 bits per heavy atom. The number of aromatic amines is 1. The molecule has 2 aromatic carbocycles. The lowest BCUT2D eigenvalue weighted by Crippen LogP contribution is -1.96. The molecule has 20 heavy (non-hydrogen) atoms. The van der Waals surface area contributed by atoms with E-state index in [4.69, 9.17) is 17.0 Å². The molecule has 1 aromatic heterocycles. The van der Waals surface area contributed by atoms with Gasteiger partial charge in [0.05, 0.1) is 18.1 Å². The lowest BCUT2D eigenvalue weighted by atomic mass is 10.2. The number of hydrogen-bond donors (Lipinski definition) is 1. The molecule has 0 spiro atoms. The Morgan fingerprint density at radius 3 is 2.70 bits per heavy atom. The predicted molar refractivity (Wildman–Crippen MR) is 87.4 cm³/mol. The van der Waals surface area contributed by atoms with Gasteiger partial charge in [-0.05, 0) is 61.1 Å². The van der Waals surface area contributed by atoms with E-state index in [1.165, 1.54) is 0 Å². The van der Waals surface area contributed by atoms with Crippen LogP contribution in [0.2, 0.25) is 0 Å². The van der Waals surface area contributed by atoms with Gasteiger partial charge < -0.3 is 9.72 Å². The first-order chi connectivity index (χ1) is 9.60. The number of aryl methyl sites for hydroxylation is 1. The lowest BCUT2D eigenvalue weighted by molar-refractivity contribution is 0.411. The number of nitrogens with zero attached hydrogens (tertiary/aromatic N) is 1. The summed E-state index contributed by atoms with van der Waals surface area (Å²) in [5.41, 5.74) is 4.18. The maximum atomic E-state index is 5.44. The van der Waals surface area contributed by atoms with E-state index in [1.807, 2.05) is 35.8 Å². The summed E-state index contributed by atoms with van der Waals surface area (Å²) in [5.74, 6) is 0.876. The molecule has 0 aliphatic rings. The topological polar surface area (TPSA) is 29.9 Å². The van der Waals surface area contributed by atoms with Crippen molar-refractivity contribution >= 4 is 39.2 Å². The first-order valence-electron chi connectivity index (χ1n) is 6.15. The highest BCUT2D eigenvalue weighted by Crippen LogP contribution is 2.26. The monoisotopic (exact) mass is 348 g/mol. The van der Waals surface area contributed by atoms with Crippen LogP contribution in [-0.2, 0) is 0 Å². The standard InChI is InChI=1S/C15H13BrN2OS/c1-9-7-11(4-6-14(9)19-2)18-13-8-10(16)3-5-12(13)17-15(18)20/h3-8H,1-2H3,(H,17,20). The van der Waals surface area contributed by atoms with Crippen LogP contribution in [0.1, 0.15) is 5.56 Å². The minimum absolute atomic E-state index is 0.683. The summed E-state index contributed by atoms with van der Waals surface area (Å²) in [4.78, 5) is 3.23. The molecular formula is C15H13BrN2OS. The predicted octanol–water partition coefficient (Wildman–Crippen LogP) is 4.77. The zero-order chi connectivity index (χ0) is 14.3. The van der Waals surface area contributed by atoms with Crippen LogP contribution < -0.4 is 4.74 Å².